The molecule has 0 radical (unpaired) electrons. The molecular formula is C13H23N5O. The lowest BCUT2D eigenvalue weighted by Gasteiger charge is -2.43. The second-order valence-electron chi connectivity index (χ2n) is 5.47. The standard InChI is InChI=1S/C13H23N5O/c14-9-11-10-18(16-15-11)6-5-17-7-8-19-13-4-2-1-3-12(13)17/h10,12-13H,1-9,14H2. The Morgan fingerprint density at radius 3 is 3.05 bits per heavy atom. The first-order chi connectivity index (χ1) is 9.36. The van der Waals surface area contributed by atoms with Crippen LogP contribution in [0.3, 0.4) is 0 Å². The average Bonchev–Trinajstić information content (AvgIpc) is 2.93. The molecule has 2 unspecified atom stereocenters. The Morgan fingerprint density at radius 1 is 1.32 bits per heavy atom. The van der Waals surface area contributed by atoms with Crippen molar-refractivity contribution in [3.05, 3.63) is 11.9 Å². The molecule has 0 aromatic carbocycles. The van der Waals surface area contributed by atoms with E-state index in [0.29, 0.717) is 18.7 Å². The number of morpholine rings is 1. The monoisotopic (exact) mass is 265 g/mol. The Morgan fingerprint density at radius 2 is 2.21 bits per heavy atom. The summed E-state index contributed by atoms with van der Waals surface area (Å²) in [5.74, 6) is 0. The number of ether oxygens (including phenoxy) is 1. The normalized spacial score (nSPS) is 28.3. The fourth-order valence-electron chi connectivity index (χ4n) is 3.23. The van der Waals surface area contributed by atoms with Crippen LogP contribution in [0, 0.1) is 0 Å². The number of hydrogen-bond acceptors (Lipinski definition) is 5. The van der Waals surface area contributed by atoms with Gasteiger partial charge in [-0.05, 0) is 12.8 Å². The third kappa shape index (κ3) is 2.96. The molecule has 1 aliphatic carbocycles. The van der Waals surface area contributed by atoms with E-state index in [9.17, 15) is 0 Å². The highest BCUT2D eigenvalue weighted by Crippen LogP contribution is 2.28. The summed E-state index contributed by atoms with van der Waals surface area (Å²) in [6, 6.07) is 0.611. The van der Waals surface area contributed by atoms with E-state index in [2.05, 4.69) is 15.2 Å². The molecule has 1 saturated heterocycles. The second kappa shape index (κ2) is 5.98. The molecule has 19 heavy (non-hydrogen) atoms. The third-order valence-corrected chi connectivity index (χ3v) is 4.26. The van der Waals surface area contributed by atoms with Gasteiger partial charge in [-0.2, -0.15) is 0 Å². The fraction of sp³-hybridized carbons (Fsp3) is 0.846. The Bertz CT molecular complexity index is 405. The Hall–Kier alpha value is -0.980. The van der Waals surface area contributed by atoms with E-state index in [1.165, 1.54) is 25.7 Å². The van der Waals surface area contributed by atoms with E-state index in [1.54, 1.807) is 0 Å². The lowest BCUT2D eigenvalue weighted by Crippen LogP contribution is -2.53. The van der Waals surface area contributed by atoms with Crippen LogP contribution in [-0.4, -0.2) is 51.7 Å². The number of fused-ring (bicyclic) bond motifs is 1. The molecule has 3 rings (SSSR count). The minimum absolute atomic E-state index is 0.456. The largest absolute Gasteiger partial charge is 0.375 e. The van der Waals surface area contributed by atoms with Crippen molar-refractivity contribution in [3.63, 3.8) is 0 Å². The van der Waals surface area contributed by atoms with Crippen molar-refractivity contribution >= 4 is 0 Å². The summed E-state index contributed by atoms with van der Waals surface area (Å²) in [5, 5.41) is 8.13. The van der Waals surface area contributed by atoms with Crippen molar-refractivity contribution in [2.24, 2.45) is 5.73 Å². The van der Waals surface area contributed by atoms with Gasteiger partial charge in [0.05, 0.1) is 24.9 Å². The zero-order chi connectivity index (χ0) is 13.1. The van der Waals surface area contributed by atoms with Crippen molar-refractivity contribution < 1.29 is 4.74 Å². The number of aromatic nitrogens is 3. The predicted molar refractivity (Wildman–Crippen MR) is 71.5 cm³/mol. The molecule has 2 atom stereocenters. The van der Waals surface area contributed by atoms with E-state index in [4.69, 9.17) is 10.5 Å². The van der Waals surface area contributed by atoms with Crippen molar-refractivity contribution in [2.75, 3.05) is 19.7 Å². The minimum atomic E-state index is 0.456. The summed E-state index contributed by atoms with van der Waals surface area (Å²) in [6.45, 7) is 4.28. The number of nitrogens with zero attached hydrogens (tertiary/aromatic N) is 4. The molecule has 1 saturated carbocycles. The van der Waals surface area contributed by atoms with Gasteiger partial charge >= 0.3 is 0 Å². The second-order valence-corrected chi connectivity index (χ2v) is 5.47. The molecule has 2 heterocycles. The average molecular weight is 265 g/mol. The van der Waals surface area contributed by atoms with Gasteiger partial charge in [-0.3, -0.25) is 9.58 Å². The lowest BCUT2D eigenvalue weighted by molar-refractivity contribution is -0.0889. The Kier molecular flexibility index (Phi) is 4.10. The maximum atomic E-state index is 5.89. The predicted octanol–water partition coefficient (Wildman–Crippen LogP) is 0.380. The molecule has 0 amide bonds. The van der Waals surface area contributed by atoms with Crippen LogP contribution in [-0.2, 0) is 17.8 Å². The Balaban J connectivity index is 1.56. The van der Waals surface area contributed by atoms with Crippen molar-refractivity contribution in [1.82, 2.24) is 19.9 Å². The smallest absolute Gasteiger partial charge is 0.0962 e. The highest BCUT2D eigenvalue weighted by atomic mass is 16.5. The van der Waals surface area contributed by atoms with Gasteiger partial charge in [-0.15, -0.1) is 5.10 Å². The van der Waals surface area contributed by atoms with Crippen LogP contribution in [0.2, 0.25) is 0 Å². The molecule has 106 valence electrons. The topological polar surface area (TPSA) is 69.2 Å². The van der Waals surface area contributed by atoms with Gasteiger partial charge in [0.1, 0.15) is 0 Å². The fourth-order valence-corrected chi connectivity index (χ4v) is 3.23. The first-order valence-electron chi connectivity index (χ1n) is 7.31. The first kappa shape index (κ1) is 13.0. The van der Waals surface area contributed by atoms with Gasteiger partial charge in [0.2, 0.25) is 0 Å². The van der Waals surface area contributed by atoms with Gasteiger partial charge in [0, 0.05) is 31.9 Å². The number of hydrogen-bond donors (Lipinski definition) is 1. The van der Waals surface area contributed by atoms with Crippen LogP contribution in [0.25, 0.3) is 0 Å². The van der Waals surface area contributed by atoms with Crippen LogP contribution in [0.5, 0.6) is 0 Å². The summed E-state index contributed by atoms with van der Waals surface area (Å²) < 4.78 is 7.79. The summed E-state index contributed by atoms with van der Waals surface area (Å²) in [6.07, 6.45) is 7.55. The molecule has 0 spiro atoms. The SMILES string of the molecule is NCc1cn(CCN2CCOC3CCCCC32)nn1. The molecule has 2 fully saturated rings. The Labute approximate surface area is 113 Å². The molecule has 1 aromatic rings. The van der Waals surface area contributed by atoms with E-state index in [1.807, 2.05) is 10.9 Å². The summed E-state index contributed by atoms with van der Waals surface area (Å²) in [4.78, 5) is 2.57. The summed E-state index contributed by atoms with van der Waals surface area (Å²) in [7, 11) is 0. The van der Waals surface area contributed by atoms with Gasteiger partial charge in [-0.25, -0.2) is 0 Å². The van der Waals surface area contributed by atoms with E-state index in [-0.39, 0.29) is 0 Å². The molecule has 0 bridgehead atoms. The molecule has 6 nitrogen and oxygen atoms in total. The highest BCUT2D eigenvalue weighted by molar-refractivity contribution is 4.91. The van der Waals surface area contributed by atoms with E-state index >= 15 is 0 Å². The van der Waals surface area contributed by atoms with E-state index < -0.39 is 0 Å². The zero-order valence-electron chi connectivity index (χ0n) is 11.4. The van der Waals surface area contributed by atoms with Crippen molar-refractivity contribution in [1.29, 1.82) is 0 Å². The molecule has 2 N–H and O–H groups in total. The molecule has 2 aliphatic rings. The third-order valence-electron chi connectivity index (χ3n) is 4.26. The van der Waals surface area contributed by atoms with Gasteiger partial charge in [0.25, 0.3) is 0 Å². The van der Waals surface area contributed by atoms with Crippen molar-refractivity contribution in [3.8, 4) is 0 Å². The maximum Gasteiger partial charge on any atom is 0.0962 e. The minimum Gasteiger partial charge on any atom is -0.375 e. The van der Waals surface area contributed by atoms with Crippen LogP contribution >= 0.6 is 0 Å². The quantitative estimate of drug-likeness (QED) is 0.852. The van der Waals surface area contributed by atoms with Gasteiger partial charge < -0.3 is 10.5 Å². The molecule has 6 heteroatoms. The summed E-state index contributed by atoms with van der Waals surface area (Å²) in [5.41, 5.74) is 6.41. The van der Waals surface area contributed by atoms with E-state index in [0.717, 1.165) is 31.9 Å². The summed E-state index contributed by atoms with van der Waals surface area (Å²) >= 11 is 0. The molecular weight excluding hydrogens is 242 g/mol. The highest BCUT2D eigenvalue weighted by Gasteiger charge is 2.33. The number of nitrogens with two attached hydrogens (primary N) is 1. The molecule has 1 aromatic heterocycles. The first-order valence-corrected chi connectivity index (χ1v) is 7.31. The van der Waals surface area contributed by atoms with Crippen LogP contribution in [0.1, 0.15) is 31.4 Å². The zero-order valence-corrected chi connectivity index (χ0v) is 11.4. The number of rotatable bonds is 4. The molecule has 1 aliphatic heterocycles. The van der Waals surface area contributed by atoms with Gasteiger partial charge in [0.15, 0.2) is 0 Å². The van der Waals surface area contributed by atoms with Crippen molar-refractivity contribution in [2.45, 2.75) is 50.9 Å². The van der Waals surface area contributed by atoms with Gasteiger partial charge in [-0.1, -0.05) is 18.1 Å². The maximum absolute atomic E-state index is 5.89. The van der Waals surface area contributed by atoms with Crippen LogP contribution < -0.4 is 5.73 Å². The van der Waals surface area contributed by atoms with Crippen LogP contribution in [0.15, 0.2) is 6.20 Å². The lowest BCUT2D eigenvalue weighted by atomic mass is 9.90. The van der Waals surface area contributed by atoms with Crippen LogP contribution in [0.4, 0.5) is 0 Å².